The number of nitrogens with zero attached hydrogens (tertiary/aromatic N) is 1. The Bertz CT molecular complexity index is 361. The van der Waals surface area contributed by atoms with E-state index < -0.39 is 0 Å². The Morgan fingerprint density at radius 2 is 2.26 bits per heavy atom. The van der Waals surface area contributed by atoms with Crippen molar-refractivity contribution in [2.75, 3.05) is 19.6 Å². The molecule has 0 spiro atoms. The van der Waals surface area contributed by atoms with Crippen molar-refractivity contribution in [1.82, 2.24) is 10.2 Å². The van der Waals surface area contributed by atoms with E-state index in [2.05, 4.69) is 35.5 Å². The molecule has 0 saturated carbocycles. The minimum atomic E-state index is 0.827. The van der Waals surface area contributed by atoms with Crippen LogP contribution in [0.3, 0.4) is 0 Å². The van der Waals surface area contributed by atoms with Gasteiger partial charge in [-0.05, 0) is 49.7 Å². The topological polar surface area (TPSA) is 15.3 Å². The van der Waals surface area contributed by atoms with Crippen LogP contribution >= 0.6 is 11.3 Å². The maximum Gasteiger partial charge on any atom is 0.0302 e. The zero-order valence-corrected chi connectivity index (χ0v) is 13.3. The molecule has 1 fully saturated rings. The first-order chi connectivity index (χ1) is 9.31. The quantitative estimate of drug-likeness (QED) is 0.797. The largest absolute Gasteiger partial charge is 0.311 e. The van der Waals surface area contributed by atoms with Crippen LogP contribution in [0.2, 0.25) is 0 Å². The number of nitrogens with one attached hydrogen (secondary N) is 1. The van der Waals surface area contributed by atoms with Gasteiger partial charge >= 0.3 is 0 Å². The van der Waals surface area contributed by atoms with E-state index in [-0.39, 0.29) is 0 Å². The number of thiophene rings is 1. The van der Waals surface area contributed by atoms with Gasteiger partial charge in [0.15, 0.2) is 0 Å². The maximum absolute atomic E-state index is 3.61. The van der Waals surface area contributed by atoms with Crippen LogP contribution in [-0.2, 0) is 6.54 Å². The minimum absolute atomic E-state index is 0.827. The zero-order chi connectivity index (χ0) is 13.5. The highest BCUT2D eigenvalue weighted by molar-refractivity contribution is 7.10. The lowest BCUT2D eigenvalue weighted by Gasteiger charge is -2.29. The van der Waals surface area contributed by atoms with E-state index in [1.165, 1.54) is 55.6 Å². The molecule has 0 aliphatic carbocycles. The summed E-state index contributed by atoms with van der Waals surface area (Å²) in [6.07, 6.45) is 6.96. The Balaban J connectivity index is 1.70. The Morgan fingerprint density at radius 1 is 1.37 bits per heavy atom. The molecule has 0 amide bonds. The second-order valence-electron chi connectivity index (χ2n) is 5.65. The third kappa shape index (κ3) is 4.59. The molecule has 1 saturated heterocycles. The fourth-order valence-electron chi connectivity index (χ4n) is 3.00. The Labute approximate surface area is 122 Å². The first kappa shape index (κ1) is 15.0. The van der Waals surface area contributed by atoms with Crippen LogP contribution in [0, 0.1) is 6.92 Å². The van der Waals surface area contributed by atoms with Crippen molar-refractivity contribution >= 4 is 11.3 Å². The molecule has 2 rings (SSSR count). The van der Waals surface area contributed by atoms with Crippen molar-refractivity contribution in [2.45, 2.75) is 58.5 Å². The standard InChI is InChI=1S/C16H28N2S/c1-3-15-7-5-4-6-10-18(15)11-9-17-13-16-14(2)8-12-19-16/h8,12,15,17H,3-7,9-11,13H2,1-2H3. The number of hydrogen-bond donors (Lipinski definition) is 1. The van der Waals surface area contributed by atoms with Crippen LogP contribution in [0.4, 0.5) is 0 Å². The van der Waals surface area contributed by atoms with Gasteiger partial charge in [-0.15, -0.1) is 11.3 Å². The van der Waals surface area contributed by atoms with Gasteiger partial charge in [0, 0.05) is 30.6 Å². The third-order valence-electron chi connectivity index (χ3n) is 4.30. The monoisotopic (exact) mass is 280 g/mol. The lowest BCUT2D eigenvalue weighted by molar-refractivity contribution is 0.195. The molecule has 0 radical (unpaired) electrons. The van der Waals surface area contributed by atoms with Gasteiger partial charge < -0.3 is 5.32 Å². The highest BCUT2D eigenvalue weighted by Gasteiger charge is 2.18. The van der Waals surface area contributed by atoms with Crippen molar-refractivity contribution in [3.05, 3.63) is 21.9 Å². The molecular weight excluding hydrogens is 252 g/mol. The maximum atomic E-state index is 3.61. The van der Waals surface area contributed by atoms with E-state index in [9.17, 15) is 0 Å². The fraction of sp³-hybridized carbons (Fsp3) is 0.750. The fourth-order valence-corrected chi connectivity index (χ4v) is 3.88. The Kier molecular flexibility index (Phi) is 6.35. The second-order valence-corrected chi connectivity index (χ2v) is 6.65. The number of likely N-dealkylation sites (tertiary alicyclic amines) is 1. The van der Waals surface area contributed by atoms with Crippen LogP contribution in [0.5, 0.6) is 0 Å². The summed E-state index contributed by atoms with van der Waals surface area (Å²) in [5.41, 5.74) is 1.43. The predicted molar refractivity (Wildman–Crippen MR) is 84.9 cm³/mol. The van der Waals surface area contributed by atoms with Gasteiger partial charge in [-0.2, -0.15) is 0 Å². The minimum Gasteiger partial charge on any atom is -0.311 e. The zero-order valence-electron chi connectivity index (χ0n) is 12.5. The van der Waals surface area contributed by atoms with Crippen molar-refractivity contribution in [3.8, 4) is 0 Å². The van der Waals surface area contributed by atoms with Gasteiger partial charge in [0.05, 0.1) is 0 Å². The summed E-state index contributed by atoms with van der Waals surface area (Å²) in [4.78, 5) is 4.20. The molecule has 2 heterocycles. The molecular formula is C16H28N2S. The van der Waals surface area contributed by atoms with Gasteiger partial charge in [-0.1, -0.05) is 19.8 Å². The summed E-state index contributed by atoms with van der Waals surface area (Å²) in [5.74, 6) is 0. The molecule has 3 heteroatoms. The summed E-state index contributed by atoms with van der Waals surface area (Å²) < 4.78 is 0. The smallest absolute Gasteiger partial charge is 0.0302 e. The first-order valence-corrected chi connectivity index (χ1v) is 8.67. The Morgan fingerprint density at radius 3 is 3.00 bits per heavy atom. The molecule has 108 valence electrons. The van der Waals surface area contributed by atoms with Crippen molar-refractivity contribution in [3.63, 3.8) is 0 Å². The molecule has 1 N–H and O–H groups in total. The van der Waals surface area contributed by atoms with Crippen LogP contribution in [-0.4, -0.2) is 30.6 Å². The predicted octanol–water partition coefficient (Wildman–Crippen LogP) is 3.80. The van der Waals surface area contributed by atoms with E-state index in [0.717, 1.165) is 19.1 Å². The molecule has 0 aromatic carbocycles. The molecule has 0 bridgehead atoms. The van der Waals surface area contributed by atoms with E-state index in [4.69, 9.17) is 0 Å². The van der Waals surface area contributed by atoms with E-state index in [1.807, 2.05) is 11.3 Å². The first-order valence-electron chi connectivity index (χ1n) is 7.79. The summed E-state index contributed by atoms with van der Waals surface area (Å²) in [6, 6.07) is 3.04. The van der Waals surface area contributed by atoms with Crippen LogP contribution in [0.1, 0.15) is 49.5 Å². The molecule has 1 atom stereocenters. The third-order valence-corrected chi connectivity index (χ3v) is 5.32. The van der Waals surface area contributed by atoms with Gasteiger partial charge in [0.25, 0.3) is 0 Å². The molecule has 19 heavy (non-hydrogen) atoms. The molecule has 1 aliphatic heterocycles. The average Bonchev–Trinajstić information content (AvgIpc) is 2.70. The molecule has 1 aromatic heterocycles. The van der Waals surface area contributed by atoms with Crippen molar-refractivity contribution in [1.29, 1.82) is 0 Å². The lowest BCUT2D eigenvalue weighted by Crippen LogP contribution is -2.39. The lowest BCUT2D eigenvalue weighted by atomic mass is 10.1. The number of aryl methyl sites for hydroxylation is 1. The Hall–Kier alpha value is -0.380. The van der Waals surface area contributed by atoms with E-state index in [1.54, 1.807) is 0 Å². The van der Waals surface area contributed by atoms with Gasteiger partial charge in [0.2, 0.25) is 0 Å². The summed E-state index contributed by atoms with van der Waals surface area (Å²) in [5, 5.41) is 5.80. The van der Waals surface area contributed by atoms with Crippen LogP contribution in [0.25, 0.3) is 0 Å². The normalized spacial score (nSPS) is 21.5. The summed E-state index contributed by atoms with van der Waals surface area (Å²) in [7, 11) is 0. The van der Waals surface area contributed by atoms with E-state index >= 15 is 0 Å². The van der Waals surface area contributed by atoms with Gasteiger partial charge in [-0.3, -0.25) is 4.90 Å². The van der Waals surface area contributed by atoms with Gasteiger partial charge in [-0.25, -0.2) is 0 Å². The molecule has 1 unspecified atom stereocenters. The second kappa shape index (κ2) is 8.03. The van der Waals surface area contributed by atoms with Crippen molar-refractivity contribution in [2.24, 2.45) is 0 Å². The van der Waals surface area contributed by atoms with Gasteiger partial charge in [0.1, 0.15) is 0 Å². The summed E-state index contributed by atoms with van der Waals surface area (Å²) in [6.45, 7) is 9.21. The molecule has 2 nitrogen and oxygen atoms in total. The average molecular weight is 280 g/mol. The molecule has 1 aliphatic rings. The highest BCUT2D eigenvalue weighted by Crippen LogP contribution is 2.18. The van der Waals surface area contributed by atoms with Crippen LogP contribution < -0.4 is 5.32 Å². The highest BCUT2D eigenvalue weighted by atomic mass is 32.1. The summed E-state index contributed by atoms with van der Waals surface area (Å²) >= 11 is 1.87. The van der Waals surface area contributed by atoms with Crippen LogP contribution in [0.15, 0.2) is 11.4 Å². The SMILES string of the molecule is CCC1CCCCCN1CCNCc1sccc1C. The number of hydrogen-bond acceptors (Lipinski definition) is 3. The number of rotatable bonds is 6. The molecule has 1 aromatic rings. The van der Waals surface area contributed by atoms with Crippen molar-refractivity contribution < 1.29 is 0 Å². The van der Waals surface area contributed by atoms with E-state index in [0.29, 0.717) is 0 Å².